The Labute approximate surface area is 58.5 Å². The summed E-state index contributed by atoms with van der Waals surface area (Å²) in [4.78, 5) is 2.03. The first-order chi connectivity index (χ1) is 4.97. The second kappa shape index (κ2) is 2.06. The number of hydrogen-bond donors (Lipinski definition) is 2. The van der Waals surface area contributed by atoms with Gasteiger partial charge in [-0.05, 0) is 0 Å². The minimum absolute atomic E-state index is 0.822. The number of hydrogen-bond acceptors (Lipinski definition) is 3. The molecule has 0 bridgehead atoms. The minimum atomic E-state index is 0.822. The summed E-state index contributed by atoms with van der Waals surface area (Å²) >= 11 is 0. The molecule has 0 amide bonds. The first kappa shape index (κ1) is 5.34. The molecule has 2 N–H and O–H groups in total. The van der Waals surface area contributed by atoms with Crippen LogP contribution in [0.2, 0.25) is 0 Å². The topological polar surface area (TPSA) is 44.0 Å². The third-order valence-electron chi connectivity index (χ3n) is 1.43. The molecule has 0 aromatic carbocycles. The van der Waals surface area contributed by atoms with E-state index in [1.54, 1.807) is 6.20 Å². The highest BCUT2D eigenvalue weighted by Gasteiger charge is 2.05. The maximum atomic E-state index is 3.84. The first-order valence-corrected chi connectivity index (χ1v) is 3.13. The summed E-state index contributed by atoms with van der Waals surface area (Å²) in [6.45, 7) is 0.822. The lowest BCUT2D eigenvalue weighted by molar-refractivity contribution is 0.880. The Bertz CT molecular complexity index is 226. The average Bonchev–Trinajstić information content (AvgIpc) is 2.59. The number of anilines is 1. The molecular weight excluding hydrogens is 128 g/mol. The highest BCUT2D eigenvalue weighted by molar-refractivity contribution is 5.41. The zero-order valence-electron chi connectivity index (χ0n) is 5.41. The van der Waals surface area contributed by atoms with Crippen molar-refractivity contribution in [3.8, 4) is 0 Å². The summed E-state index contributed by atoms with van der Waals surface area (Å²) in [6, 6.07) is 1.93. The van der Waals surface area contributed by atoms with E-state index in [4.69, 9.17) is 0 Å². The van der Waals surface area contributed by atoms with Gasteiger partial charge >= 0.3 is 0 Å². The van der Waals surface area contributed by atoms with Crippen LogP contribution in [0.3, 0.4) is 0 Å². The number of rotatable bonds is 1. The van der Waals surface area contributed by atoms with E-state index >= 15 is 0 Å². The average molecular weight is 136 g/mol. The molecule has 10 heavy (non-hydrogen) atoms. The Morgan fingerprint density at radius 2 is 2.60 bits per heavy atom. The lowest BCUT2D eigenvalue weighted by Crippen LogP contribution is -2.19. The molecule has 52 valence electrons. The standard InChI is InChI=1S/C6H8N4/c1-2-8-9-6(1)10-4-3-7-5-10/h1-4,7H,5H2,(H,8,9). The summed E-state index contributed by atoms with van der Waals surface area (Å²) in [7, 11) is 0. The molecule has 1 aromatic heterocycles. The molecule has 4 heteroatoms. The molecule has 4 nitrogen and oxygen atoms in total. The van der Waals surface area contributed by atoms with Crippen LogP contribution in [0, 0.1) is 0 Å². The lowest BCUT2D eigenvalue weighted by Gasteiger charge is -2.10. The van der Waals surface area contributed by atoms with Crippen LogP contribution < -0.4 is 10.2 Å². The van der Waals surface area contributed by atoms with Gasteiger partial charge in [-0.1, -0.05) is 0 Å². The minimum Gasteiger partial charge on any atom is -0.372 e. The van der Waals surface area contributed by atoms with Crippen molar-refractivity contribution in [2.75, 3.05) is 11.6 Å². The smallest absolute Gasteiger partial charge is 0.129 e. The molecule has 0 saturated heterocycles. The molecule has 1 aromatic rings. The van der Waals surface area contributed by atoms with Crippen molar-refractivity contribution < 1.29 is 0 Å². The van der Waals surface area contributed by atoms with Crippen molar-refractivity contribution >= 4 is 5.82 Å². The van der Waals surface area contributed by atoms with E-state index in [9.17, 15) is 0 Å². The SMILES string of the molecule is C1=CN(c2ccn[nH]2)CN1. The van der Waals surface area contributed by atoms with Gasteiger partial charge in [-0.15, -0.1) is 0 Å². The Kier molecular flexibility index (Phi) is 1.10. The third-order valence-corrected chi connectivity index (χ3v) is 1.43. The summed E-state index contributed by atoms with van der Waals surface area (Å²) in [5.41, 5.74) is 0. The van der Waals surface area contributed by atoms with Crippen LogP contribution in [-0.2, 0) is 0 Å². The van der Waals surface area contributed by atoms with Crippen LogP contribution in [0.1, 0.15) is 0 Å². The van der Waals surface area contributed by atoms with E-state index in [1.165, 1.54) is 0 Å². The number of nitrogens with one attached hydrogen (secondary N) is 2. The van der Waals surface area contributed by atoms with Crippen LogP contribution >= 0.6 is 0 Å². The lowest BCUT2D eigenvalue weighted by atomic mass is 10.6. The van der Waals surface area contributed by atoms with Gasteiger partial charge in [0, 0.05) is 18.5 Å². The zero-order valence-corrected chi connectivity index (χ0v) is 5.41. The summed E-state index contributed by atoms with van der Waals surface area (Å²) in [5, 5.41) is 9.76. The Morgan fingerprint density at radius 1 is 1.60 bits per heavy atom. The molecule has 0 fully saturated rings. The molecule has 2 heterocycles. The van der Waals surface area contributed by atoms with Gasteiger partial charge in [0.2, 0.25) is 0 Å². The zero-order chi connectivity index (χ0) is 6.81. The van der Waals surface area contributed by atoms with E-state index in [-0.39, 0.29) is 0 Å². The van der Waals surface area contributed by atoms with E-state index in [1.807, 2.05) is 23.4 Å². The van der Waals surface area contributed by atoms with Crippen molar-refractivity contribution in [2.45, 2.75) is 0 Å². The normalized spacial score (nSPS) is 15.8. The molecule has 0 radical (unpaired) electrons. The Balaban J connectivity index is 2.20. The quantitative estimate of drug-likeness (QED) is 0.581. The first-order valence-electron chi connectivity index (χ1n) is 3.13. The van der Waals surface area contributed by atoms with Crippen LogP contribution in [0.4, 0.5) is 5.82 Å². The van der Waals surface area contributed by atoms with E-state index in [2.05, 4.69) is 15.5 Å². The van der Waals surface area contributed by atoms with Gasteiger partial charge < -0.3 is 10.2 Å². The molecule has 0 spiro atoms. The van der Waals surface area contributed by atoms with Gasteiger partial charge in [0.05, 0.1) is 12.9 Å². The van der Waals surface area contributed by atoms with Crippen molar-refractivity contribution in [1.82, 2.24) is 15.5 Å². The second-order valence-corrected chi connectivity index (χ2v) is 2.09. The number of aromatic nitrogens is 2. The molecule has 0 atom stereocenters. The van der Waals surface area contributed by atoms with Gasteiger partial charge in [0.1, 0.15) is 5.82 Å². The number of H-pyrrole nitrogens is 1. The summed E-state index contributed by atoms with van der Waals surface area (Å²) in [6.07, 6.45) is 5.61. The van der Waals surface area contributed by atoms with Gasteiger partial charge in [-0.3, -0.25) is 5.10 Å². The second-order valence-electron chi connectivity index (χ2n) is 2.09. The molecule has 0 unspecified atom stereocenters. The highest BCUT2D eigenvalue weighted by Crippen LogP contribution is 2.09. The molecule has 0 saturated carbocycles. The summed E-state index contributed by atoms with van der Waals surface area (Å²) < 4.78 is 0. The van der Waals surface area contributed by atoms with Gasteiger partial charge in [0.15, 0.2) is 0 Å². The molecular formula is C6H8N4. The van der Waals surface area contributed by atoms with Gasteiger partial charge in [-0.25, -0.2) is 0 Å². The maximum absolute atomic E-state index is 3.84. The third kappa shape index (κ3) is 0.737. The van der Waals surface area contributed by atoms with Crippen molar-refractivity contribution in [3.63, 3.8) is 0 Å². The number of nitrogens with zero attached hydrogens (tertiary/aromatic N) is 2. The van der Waals surface area contributed by atoms with Gasteiger partial charge in [0.25, 0.3) is 0 Å². The van der Waals surface area contributed by atoms with Crippen molar-refractivity contribution in [2.24, 2.45) is 0 Å². The monoisotopic (exact) mass is 136 g/mol. The Morgan fingerprint density at radius 3 is 3.20 bits per heavy atom. The van der Waals surface area contributed by atoms with E-state index in [0.29, 0.717) is 0 Å². The molecule has 1 aliphatic heterocycles. The Hall–Kier alpha value is -1.45. The number of aromatic amines is 1. The maximum Gasteiger partial charge on any atom is 0.129 e. The van der Waals surface area contributed by atoms with E-state index in [0.717, 1.165) is 12.5 Å². The van der Waals surface area contributed by atoms with Crippen LogP contribution in [0.15, 0.2) is 24.7 Å². The fourth-order valence-corrected chi connectivity index (χ4v) is 0.920. The van der Waals surface area contributed by atoms with Crippen LogP contribution in [-0.4, -0.2) is 16.9 Å². The fourth-order valence-electron chi connectivity index (χ4n) is 0.920. The van der Waals surface area contributed by atoms with Crippen LogP contribution in [0.5, 0.6) is 0 Å². The van der Waals surface area contributed by atoms with Crippen molar-refractivity contribution in [1.29, 1.82) is 0 Å². The predicted molar refractivity (Wildman–Crippen MR) is 38.2 cm³/mol. The molecule has 0 aliphatic carbocycles. The predicted octanol–water partition coefficient (Wildman–Crippen LogP) is 0.248. The fraction of sp³-hybridized carbons (Fsp3) is 0.167. The molecule has 1 aliphatic rings. The van der Waals surface area contributed by atoms with Crippen LogP contribution in [0.25, 0.3) is 0 Å². The van der Waals surface area contributed by atoms with Gasteiger partial charge in [-0.2, -0.15) is 5.10 Å². The summed E-state index contributed by atoms with van der Waals surface area (Å²) in [5.74, 6) is 1.02. The van der Waals surface area contributed by atoms with Crippen molar-refractivity contribution in [3.05, 3.63) is 24.7 Å². The highest BCUT2D eigenvalue weighted by atomic mass is 15.3. The molecule has 2 rings (SSSR count). The largest absolute Gasteiger partial charge is 0.372 e. The van der Waals surface area contributed by atoms with E-state index < -0.39 is 0 Å².